The van der Waals surface area contributed by atoms with E-state index in [1.165, 1.54) is 31.3 Å². The Bertz CT molecular complexity index is 295. The highest BCUT2D eigenvalue weighted by atomic mass is 16.1. The Balaban J connectivity index is 1.63. The summed E-state index contributed by atoms with van der Waals surface area (Å²) < 4.78 is 0. The number of rotatable bonds is 5. The van der Waals surface area contributed by atoms with E-state index < -0.39 is 0 Å². The lowest BCUT2D eigenvalue weighted by Crippen LogP contribution is -2.49. The number of allylic oxidation sites excluding steroid dienone is 1. The number of hydrogen-bond acceptors (Lipinski definition) is 2. The molecule has 0 aromatic carbocycles. The molecule has 17 heavy (non-hydrogen) atoms. The first-order chi connectivity index (χ1) is 8.27. The van der Waals surface area contributed by atoms with Gasteiger partial charge in [-0.25, -0.2) is 0 Å². The summed E-state index contributed by atoms with van der Waals surface area (Å²) in [6.45, 7) is 4.86. The van der Waals surface area contributed by atoms with Gasteiger partial charge in [0.05, 0.1) is 0 Å². The van der Waals surface area contributed by atoms with Gasteiger partial charge in [0, 0.05) is 12.5 Å². The van der Waals surface area contributed by atoms with Crippen LogP contribution in [-0.4, -0.2) is 25.5 Å². The van der Waals surface area contributed by atoms with E-state index in [9.17, 15) is 4.79 Å². The van der Waals surface area contributed by atoms with Crippen molar-refractivity contribution in [1.82, 2.24) is 10.6 Å². The number of carbonyl (C=O) groups is 1. The molecule has 2 rings (SSSR count). The van der Waals surface area contributed by atoms with Crippen molar-refractivity contribution in [3.63, 3.8) is 0 Å². The van der Waals surface area contributed by atoms with Crippen LogP contribution in [0.5, 0.6) is 0 Å². The van der Waals surface area contributed by atoms with Gasteiger partial charge in [0.1, 0.15) is 0 Å². The second kappa shape index (κ2) is 6.20. The molecule has 1 heterocycles. The third-order valence-corrected chi connectivity index (χ3v) is 4.06. The molecule has 0 aromatic rings. The van der Waals surface area contributed by atoms with E-state index in [-0.39, 0.29) is 11.8 Å². The molecule has 0 spiro atoms. The summed E-state index contributed by atoms with van der Waals surface area (Å²) in [5.41, 5.74) is 1.54. The molecular weight excluding hydrogens is 212 g/mol. The molecule has 96 valence electrons. The Kier molecular flexibility index (Phi) is 4.60. The van der Waals surface area contributed by atoms with Crippen molar-refractivity contribution in [3.05, 3.63) is 11.6 Å². The maximum Gasteiger partial charge on any atom is 0.223 e. The lowest BCUT2D eigenvalue weighted by atomic mass is 9.88. The number of carbonyl (C=O) groups excluding carboxylic acids is 1. The molecule has 1 saturated heterocycles. The molecule has 3 heteroatoms. The molecule has 1 amide bonds. The Labute approximate surface area is 104 Å². The van der Waals surface area contributed by atoms with Crippen LogP contribution in [0.3, 0.4) is 0 Å². The van der Waals surface area contributed by atoms with E-state index >= 15 is 0 Å². The number of amides is 1. The first-order valence-electron chi connectivity index (χ1n) is 6.93. The molecule has 0 aromatic heterocycles. The first kappa shape index (κ1) is 12.6. The average molecular weight is 236 g/mol. The van der Waals surface area contributed by atoms with Crippen molar-refractivity contribution in [3.8, 4) is 0 Å². The van der Waals surface area contributed by atoms with Crippen molar-refractivity contribution in [2.24, 2.45) is 11.8 Å². The van der Waals surface area contributed by atoms with Gasteiger partial charge >= 0.3 is 0 Å². The zero-order valence-electron chi connectivity index (χ0n) is 10.8. The van der Waals surface area contributed by atoms with E-state index in [0.29, 0.717) is 5.92 Å². The largest absolute Gasteiger partial charge is 0.356 e. The molecule has 2 N–H and O–H groups in total. The highest BCUT2D eigenvalue weighted by Gasteiger charge is 2.28. The molecule has 1 atom stereocenters. The predicted molar refractivity (Wildman–Crippen MR) is 69.7 cm³/mol. The van der Waals surface area contributed by atoms with Gasteiger partial charge in [0.15, 0.2) is 0 Å². The minimum absolute atomic E-state index is 0.164. The molecule has 1 unspecified atom stereocenters. The molecule has 2 aliphatic rings. The van der Waals surface area contributed by atoms with Crippen molar-refractivity contribution in [2.75, 3.05) is 19.6 Å². The molecule has 0 saturated carbocycles. The van der Waals surface area contributed by atoms with Crippen LogP contribution in [-0.2, 0) is 4.79 Å². The van der Waals surface area contributed by atoms with Crippen LogP contribution in [0.4, 0.5) is 0 Å². The minimum Gasteiger partial charge on any atom is -0.356 e. The Morgan fingerprint density at radius 2 is 2.35 bits per heavy atom. The summed E-state index contributed by atoms with van der Waals surface area (Å²) in [5.74, 6) is 0.938. The fourth-order valence-electron chi connectivity index (χ4n) is 2.52. The fraction of sp³-hybridized carbons (Fsp3) is 0.786. The molecule has 3 nitrogen and oxygen atoms in total. The number of hydrogen-bond donors (Lipinski definition) is 2. The van der Waals surface area contributed by atoms with Gasteiger partial charge in [-0.15, -0.1) is 0 Å². The fourth-order valence-corrected chi connectivity index (χ4v) is 2.52. The summed E-state index contributed by atoms with van der Waals surface area (Å²) in [6.07, 6.45) is 8.52. The standard InChI is InChI=1S/C14H24N2O/c1-11(13-9-15-10-13)14(17)16-8-7-12-5-3-2-4-6-12/h5,11,13,15H,2-4,6-10H2,1H3,(H,16,17). The van der Waals surface area contributed by atoms with Crippen molar-refractivity contribution in [1.29, 1.82) is 0 Å². The molecular formula is C14H24N2O. The predicted octanol–water partition coefficient (Wildman–Crippen LogP) is 1.85. The van der Waals surface area contributed by atoms with E-state index in [4.69, 9.17) is 0 Å². The summed E-state index contributed by atoms with van der Waals surface area (Å²) in [7, 11) is 0. The third-order valence-electron chi connectivity index (χ3n) is 4.06. The van der Waals surface area contributed by atoms with Gasteiger partial charge < -0.3 is 10.6 Å². The molecule has 1 aliphatic carbocycles. The highest BCUT2D eigenvalue weighted by Crippen LogP contribution is 2.20. The van der Waals surface area contributed by atoms with Crippen LogP contribution in [0, 0.1) is 11.8 Å². The highest BCUT2D eigenvalue weighted by molar-refractivity contribution is 5.78. The number of nitrogens with one attached hydrogen (secondary N) is 2. The first-order valence-corrected chi connectivity index (χ1v) is 6.93. The molecule has 1 fully saturated rings. The topological polar surface area (TPSA) is 41.1 Å². The third kappa shape index (κ3) is 3.56. The Hall–Kier alpha value is -0.830. The molecule has 0 bridgehead atoms. The van der Waals surface area contributed by atoms with Crippen LogP contribution in [0.15, 0.2) is 11.6 Å². The van der Waals surface area contributed by atoms with E-state index in [0.717, 1.165) is 26.1 Å². The van der Waals surface area contributed by atoms with Gasteiger partial charge in [-0.2, -0.15) is 0 Å². The SMILES string of the molecule is CC(C(=O)NCCC1=CCCCC1)C1CNC1. The van der Waals surface area contributed by atoms with Crippen LogP contribution in [0.25, 0.3) is 0 Å². The van der Waals surface area contributed by atoms with Crippen LogP contribution < -0.4 is 10.6 Å². The average Bonchev–Trinajstić information content (AvgIpc) is 2.28. The van der Waals surface area contributed by atoms with E-state index in [2.05, 4.69) is 16.7 Å². The van der Waals surface area contributed by atoms with Gasteiger partial charge in [0.25, 0.3) is 0 Å². The lowest BCUT2D eigenvalue weighted by Gasteiger charge is -2.31. The molecule has 1 aliphatic heterocycles. The zero-order chi connectivity index (χ0) is 12.1. The quantitative estimate of drug-likeness (QED) is 0.715. The lowest BCUT2D eigenvalue weighted by molar-refractivity contribution is -0.126. The normalized spacial score (nSPS) is 22.5. The summed E-state index contributed by atoms with van der Waals surface area (Å²) >= 11 is 0. The van der Waals surface area contributed by atoms with Gasteiger partial charge in [-0.3, -0.25) is 4.79 Å². The monoisotopic (exact) mass is 236 g/mol. The second-order valence-corrected chi connectivity index (χ2v) is 5.36. The van der Waals surface area contributed by atoms with Gasteiger partial charge in [-0.05, 0) is 51.1 Å². The van der Waals surface area contributed by atoms with E-state index in [1.807, 2.05) is 6.92 Å². The zero-order valence-corrected chi connectivity index (χ0v) is 10.8. The van der Waals surface area contributed by atoms with Crippen LogP contribution >= 0.6 is 0 Å². The maximum absolute atomic E-state index is 11.9. The Morgan fingerprint density at radius 3 is 2.94 bits per heavy atom. The summed E-state index contributed by atoms with van der Waals surface area (Å²) in [4.78, 5) is 11.9. The second-order valence-electron chi connectivity index (χ2n) is 5.36. The van der Waals surface area contributed by atoms with Crippen molar-refractivity contribution < 1.29 is 4.79 Å². The summed E-state index contributed by atoms with van der Waals surface area (Å²) in [6, 6.07) is 0. The molecule has 0 radical (unpaired) electrons. The summed E-state index contributed by atoms with van der Waals surface area (Å²) in [5, 5.41) is 6.29. The Morgan fingerprint density at radius 1 is 1.53 bits per heavy atom. The van der Waals surface area contributed by atoms with E-state index in [1.54, 1.807) is 0 Å². The maximum atomic E-state index is 11.9. The van der Waals surface area contributed by atoms with Crippen molar-refractivity contribution >= 4 is 5.91 Å². The van der Waals surface area contributed by atoms with Crippen LogP contribution in [0.1, 0.15) is 39.0 Å². The van der Waals surface area contributed by atoms with Crippen LogP contribution in [0.2, 0.25) is 0 Å². The van der Waals surface area contributed by atoms with Gasteiger partial charge in [0.2, 0.25) is 5.91 Å². The van der Waals surface area contributed by atoms with Gasteiger partial charge in [-0.1, -0.05) is 18.6 Å². The van der Waals surface area contributed by atoms with Crippen molar-refractivity contribution in [2.45, 2.75) is 39.0 Å². The minimum atomic E-state index is 0.164. The smallest absolute Gasteiger partial charge is 0.223 e.